The highest BCUT2D eigenvalue weighted by molar-refractivity contribution is 7.71. The molecule has 1 unspecified atom stereocenters. The molecular weight excluding hydrogens is 298 g/mol. The summed E-state index contributed by atoms with van der Waals surface area (Å²) < 4.78 is 2.21. The van der Waals surface area contributed by atoms with Gasteiger partial charge in [-0.3, -0.25) is 14.5 Å². The SMILES string of the molecule is CN1C(=O)CCC(n2c(=S)[nH]c3ccc(Cl)cc32)C1=O. The first-order valence-corrected chi connectivity index (χ1v) is 6.98. The van der Waals surface area contributed by atoms with Gasteiger partial charge >= 0.3 is 0 Å². The van der Waals surface area contributed by atoms with Crippen LogP contribution in [-0.4, -0.2) is 33.3 Å². The average molecular weight is 310 g/mol. The van der Waals surface area contributed by atoms with E-state index in [4.69, 9.17) is 23.8 Å². The fourth-order valence-electron chi connectivity index (χ4n) is 2.54. The third kappa shape index (κ3) is 1.96. The van der Waals surface area contributed by atoms with E-state index in [1.54, 1.807) is 16.7 Å². The third-order valence-corrected chi connectivity index (χ3v) is 4.15. The van der Waals surface area contributed by atoms with Gasteiger partial charge in [-0.1, -0.05) is 11.6 Å². The number of carbonyl (C=O) groups excluding carboxylic acids is 2. The number of likely N-dealkylation sites (N-methyl/N-ethyl adjacent to an activating group) is 1. The molecule has 1 saturated heterocycles. The number of rotatable bonds is 1. The number of nitrogens with one attached hydrogen (secondary N) is 1. The summed E-state index contributed by atoms with van der Waals surface area (Å²) >= 11 is 11.3. The number of aromatic nitrogens is 2. The van der Waals surface area contributed by atoms with Crippen molar-refractivity contribution in [2.45, 2.75) is 18.9 Å². The molecule has 20 heavy (non-hydrogen) atoms. The topological polar surface area (TPSA) is 58.1 Å². The van der Waals surface area contributed by atoms with Crippen molar-refractivity contribution in [2.24, 2.45) is 0 Å². The maximum Gasteiger partial charge on any atom is 0.252 e. The zero-order valence-corrected chi connectivity index (χ0v) is 12.3. The van der Waals surface area contributed by atoms with Gasteiger partial charge in [0.15, 0.2) is 4.77 Å². The molecular formula is C13H12ClN3O2S. The number of hydrogen-bond donors (Lipinski definition) is 1. The first-order chi connectivity index (χ1) is 9.49. The molecule has 7 heteroatoms. The number of piperidine rings is 1. The molecule has 2 heterocycles. The van der Waals surface area contributed by atoms with Crippen molar-refractivity contribution >= 4 is 46.7 Å². The van der Waals surface area contributed by atoms with Crippen LogP contribution in [0.4, 0.5) is 0 Å². The van der Waals surface area contributed by atoms with Crippen LogP contribution >= 0.6 is 23.8 Å². The molecule has 0 saturated carbocycles. The molecule has 1 fully saturated rings. The summed E-state index contributed by atoms with van der Waals surface area (Å²) in [6.07, 6.45) is 0.789. The van der Waals surface area contributed by atoms with Gasteiger partial charge < -0.3 is 9.55 Å². The van der Waals surface area contributed by atoms with Crippen molar-refractivity contribution in [3.8, 4) is 0 Å². The number of nitrogens with zero attached hydrogens (tertiary/aromatic N) is 2. The zero-order valence-electron chi connectivity index (χ0n) is 10.7. The Bertz CT molecular complexity index is 780. The summed E-state index contributed by atoms with van der Waals surface area (Å²) in [5.41, 5.74) is 1.61. The largest absolute Gasteiger partial charge is 0.331 e. The van der Waals surface area contributed by atoms with Gasteiger partial charge in [-0.05, 0) is 36.8 Å². The lowest BCUT2D eigenvalue weighted by Gasteiger charge is -2.28. The molecule has 1 aliphatic heterocycles. The molecule has 5 nitrogen and oxygen atoms in total. The first-order valence-electron chi connectivity index (χ1n) is 6.19. The molecule has 1 N–H and O–H groups in total. The molecule has 0 radical (unpaired) electrons. The minimum Gasteiger partial charge on any atom is -0.331 e. The van der Waals surface area contributed by atoms with E-state index in [2.05, 4.69) is 4.98 Å². The minimum absolute atomic E-state index is 0.157. The second-order valence-corrected chi connectivity index (χ2v) is 5.63. The normalized spacial score (nSPS) is 19.9. The smallest absolute Gasteiger partial charge is 0.252 e. The maximum absolute atomic E-state index is 12.3. The summed E-state index contributed by atoms with van der Waals surface area (Å²) in [6, 6.07) is 4.90. The number of likely N-dealkylation sites (tertiary alicyclic amines) is 1. The van der Waals surface area contributed by atoms with Gasteiger partial charge in [0.1, 0.15) is 6.04 Å². The Balaban J connectivity index is 2.17. The fourth-order valence-corrected chi connectivity index (χ4v) is 3.04. The molecule has 0 spiro atoms. The van der Waals surface area contributed by atoms with Crippen LogP contribution in [0.2, 0.25) is 5.02 Å². The average Bonchev–Trinajstić information content (AvgIpc) is 2.72. The molecule has 2 aromatic rings. The molecule has 2 amide bonds. The minimum atomic E-state index is -0.461. The van der Waals surface area contributed by atoms with Crippen LogP contribution in [0.25, 0.3) is 11.0 Å². The van der Waals surface area contributed by atoms with Crippen molar-refractivity contribution in [2.75, 3.05) is 7.05 Å². The van der Waals surface area contributed by atoms with Crippen LogP contribution in [0, 0.1) is 4.77 Å². The lowest BCUT2D eigenvalue weighted by atomic mass is 10.0. The molecule has 1 aliphatic rings. The van der Waals surface area contributed by atoms with Gasteiger partial charge in [0.05, 0.1) is 11.0 Å². The molecule has 1 aromatic carbocycles. The standard InChI is InChI=1S/C13H12ClN3O2S/c1-16-11(18)5-4-9(12(16)19)17-10-6-7(14)2-3-8(10)15-13(17)20/h2-3,6,9H,4-5H2,1H3,(H,15,20). The van der Waals surface area contributed by atoms with Crippen molar-refractivity contribution < 1.29 is 9.59 Å². The Morgan fingerprint density at radius 2 is 2.15 bits per heavy atom. The third-order valence-electron chi connectivity index (χ3n) is 3.61. The van der Waals surface area contributed by atoms with Crippen molar-refractivity contribution in [1.82, 2.24) is 14.5 Å². The maximum atomic E-state index is 12.3. The number of halogens is 1. The predicted octanol–water partition coefficient (Wildman–Crippen LogP) is 2.67. The number of carbonyl (C=O) groups is 2. The number of hydrogen-bond acceptors (Lipinski definition) is 3. The number of imidazole rings is 1. The number of amides is 2. The molecule has 104 valence electrons. The van der Waals surface area contributed by atoms with E-state index in [0.717, 1.165) is 11.0 Å². The van der Waals surface area contributed by atoms with Crippen molar-refractivity contribution in [3.63, 3.8) is 0 Å². The second-order valence-electron chi connectivity index (χ2n) is 4.81. The van der Waals surface area contributed by atoms with E-state index in [0.29, 0.717) is 22.6 Å². The van der Waals surface area contributed by atoms with Crippen LogP contribution in [-0.2, 0) is 9.59 Å². The molecule has 3 rings (SSSR count). The van der Waals surface area contributed by atoms with Crippen LogP contribution in [0.3, 0.4) is 0 Å². The number of benzene rings is 1. The number of fused-ring (bicyclic) bond motifs is 1. The Kier molecular flexibility index (Phi) is 3.14. The molecule has 0 aliphatic carbocycles. The summed E-state index contributed by atoms with van der Waals surface area (Å²) in [6.45, 7) is 0. The van der Waals surface area contributed by atoms with Gasteiger partial charge in [0.2, 0.25) is 5.91 Å². The molecule has 1 atom stereocenters. The van der Waals surface area contributed by atoms with Crippen LogP contribution in [0.5, 0.6) is 0 Å². The van der Waals surface area contributed by atoms with Crippen LogP contribution in [0.15, 0.2) is 18.2 Å². The highest BCUT2D eigenvalue weighted by atomic mass is 35.5. The quantitative estimate of drug-likeness (QED) is 0.651. The zero-order chi connectivity index (χ0) is 14.4. The van der Waals surface area contributed by atoms with Gasteiger partial charge in [-0.2, -0.15) is 0 Å². The van der Waals surface area contributed by atoms with E-state index < -0.39 is 6.04 Å². The number of imide groups is 1. The second kappa shape index (κ2) is 4.71. The highest BCUT2D eigenvalue weighted by Gasteiger charge is 2.34. The number of H-pyrrole nitrogens is 1. The van der Waals surface area contributed by atoms with Gasteiger partial charge in [0.25, 0.3) is 5.91 Å². The molecule has 1 aromatic heterocycles. The van der Waals surface area contributed by atoms with Crippen LogP contribution < -0.4 is 0 Å². The van der Waals surface area contributed by atoms with E-state index in [9.17, 15) is 9.59 Å². The fraction of sp³-hybridized carbons (Fsp3) is 0.308. The van der Waals surface area contributed by atoms with Gasteiger partial charge in [-0.15, -0.1) is 0 Å². The Labute approximate surface area is 125 Å². The van der Waals surface area contributed by atoms with Crippen molar-refractivity contribution in [1.29, 1.82) is 0 Å². The Hall–Kier alpha value is -1.66. The van der Waals surface area contributed by atoms with Crippen LogP contribution in [0.1, 0.15) is 18.9 Å². The van der Waals surface area contributed by atoms with E-state index in [1.807, 2.05) is 6.07 Å². The van der Waals surface area contributed by atoms with Crippen molar-refractivity contribution in [3.05, 3.63) is 28.0 Å². The highest BCUT2D eigenvalue weighted by Crippen LogP contribution is 2.28. The predicted molar refractivity (Wildman–Crippen MR) is 78.2 cm³/mol. The lowest BCUT2D eigenvalue weighted by molar-refractivity contribution is -0.149. The summed E-state index contributed by atoms with van der Waals surface area (Å²) in [5.74, 6) is -0.395. The number of aromatic amines is 1. The monoisotopic (exact) mass is 309 g/mol. The van der Waals surface area contributed by atoms with Gasteiger partial charge in [-0.25, -0.2) is 0 Å². The summed E-state index contributed by atoms with van der Waals surface area (Å²) in [7, 11) is 1.50. The molecule has 0 bridgehead atoms. The van der Waals surface area contributed by atoms with Gasteiger partial charge in [0, 0.05) is 18.5 Å². The van der Waals surface area contributed by atoms with E-state index >= 15 is 0 Å². The van der Waals surface area contributed by atoms with E-state index in [-0.39, 0.29) is 11.8 Å². The summed E-state index contributed by atoms with van der Waals surface area (Å²) in [4.78, 5) is 28.1. The Morgan fingerprint density at radius 3 is 2.90 bits per heavy atom. The van der Waals surface area contributed by atoms with E-state index in [1.165, 1.54) is 11.9 Å². The summed E-state index contributed by atoms with van der Waals surface area (Å²) in [5, 5.41) is 0.577. The lowest BCUT2D eigenvalue weighted by Crippen LogP contribution is -2.43. The Morgan fingerprint density at radius 1 is 1.40 bits per heavy atom. The first kappa shape index (κ1) is 13.3.